The highest BCUT2D eigenvalue weighted by Gasteiger charge is 2.35. The maximum atomic E-state index is 12.3. The Bertz CT molecular complexity index is 880. The van der Waals surface area contributed by atoms with Crippen LogP contribution in [-0.2, 0) is 11.3 Å². The first-order valence-corrected chi connectivity index (χ1v) is 8.78. The summed E-state index contributed by atoms with van der Waals surface area (Å²) in [6.45, 7) is 0.531. The van der Waals surface area contributed by atoms with Crippen LogP contribution in [0.4, 0.5) is 0 Å². The number of carbonyl (C=O) groups excluding carboxylic acids is 1. The molecule has 1 unspecified atom stereocenters. The van der Waals surface area contributed by atoms with Gasteiger partial charge in [-0.15, -0.1) is 0 Å². The van der Waals surface area contributed by atoms with E-state index < -0.39 is 0 Å². The summed E-state index contributed by atoms with van der Waals surface area (Å²) in [4.78, 5) is 22.6. The van der Waals surface area contributed by atoms with Gasteiger partial charge >= 0.3 is 0 Å². The van der Waals surface area contributed by atoms with Crippen molar-refractivity contribution in [3.8, 4) is 11.4 Å². The van der Waals surface area contributed by atoms with Gasteiger partial charge in [0.1, 0.15) is 6.04 Å². The van der Waals surface area contributed by atoms with E-state index in [-0.39, 0.29) is 11.9 Å². The Morgan fingerprint density at radius 2 is 1.92 bits per heavy atom. The number of amides is 1. The molecule has 1 aliphatic rings. The summed E-state index contributed by atoms with van der Waals surface area (Å²) in [5.74, 6) is 1.10. The van der Waals surface area contributed by atoms with E-state index in [1.54, 1.807) is 12.4 Å². The number of pyridine rings is 1. The molecular weight excluding hydrogens is 384 g/mol. The fourth-order valence-electron chi connectivity index (χ4n) is 2.96. The Morgan fingerprint density at radius 1 is 1.16 bits per heavy atom. The van der Waals surface area contributed by atoms with Gasteiger partial charge in [0.25, 0.3) is 0 Å². The predicted octanol–water partition coefficient (Wildman–Crippen LogP) is 3.76. The smallest absolute Gasteiger partial charge is 0.249 e. The monoisotopic (exact) mass is 398 g/mol. The third-order valence-electron chi connectivity index (χ3n) is 4.26. The van der Waals surface area contributed by atoms with Gasteiger partial charge in [0, 0.05) is 35.4 Å². The Morgan fingerprint density at radius 3 is 2.68 bits per heavy atom. The second-order valence-electron chi connectivity index (χ2n) is 5.89. The third kappa shape index (κ3) is 3.32. The molecule has 0 saturated carbocycles. The molecular formula is C18H15BrN4O2. The highest BCUT2D eigenvalue weighted by atomic mass is 79.9. The molecule has 6 nitrogen and oxygen atoms in total. The van der Waals surface area contributed by atoms with Crippen LogP contribution < -0.4 is 0 Å². The Balaban J connectivity index is 1.57. The molecule has 0 N–H and O–H groups in total. The van der Waals surface area contributed by atoms with Crippen LogP contribution in [0.2, 0.25) is 0 Å². The quantitative estimate of drug-likeness (QED) is 0.668. The van der Waals surface area contributed by atoms with Gasteiger partial charge in [-0.05, 0) is 36.2 Å². The lowest BCUT2D eigenvalue weighted by atomic mass is 10.2. The van der Waals surface area contributed by atoms with Crippen LogP contribution in [0.1, 0.15) is 30.3 Å². The molecule has 1 atom stereocenters. The summed E-state index contributed by atoms with van der Waals surface area (Å²) in [6, 6.07) is 11.4. The van der Waals surface area contributed by atoms with Crippen molar-refractivity contribution in [2.24, 2.45) is 0 Å². The first kappa shape index (κ1) is 16.0. The first-order valence-electron chi connectivity index (χ1n) is 7.98. The highest BCUT2D eigenvalue weighted by molar-refractivity contribution is 9.10. The zero-order valence-corrected chi connectivity index (χ0v) is 14.9. The van der Waals surface area contributed by atoms with E-state index in [9.17, 15) is 4.79 Å². The van der Waals surface area contributed by atoms with Gasteiger partial charge < -0.3 is 9.42 Å². The third-order valence-corrected chi connectivity index (χ3v) is 4.79. The van der Waals surface area contributed by atoms with Crippen LogP contribution in [-0.4, -0.2) is 25.9 Å². The van der Waals surface area contributed by atoms with Crippen molar-refractivity contribution in [2.45, 2.75) is 25.4 Å². The molecule has 0 bridgehead atoms. The zero-order valence-electron chi connectivity index (χ0n) is 13.3. The number of aromatic nitrogens is 3. The average molecular weight is 399 g/mol. The van der Waals surface area contributed by atoms with Gasteiger partial charge in [0.2, 0.25) is 17.6 Å². The zero-order chi connectivity index (χ0) is 17.2. The van der Waals surface area contributed by atoms with Crippen LogP contribution in [0, 0.1) is 0 Å². The van der Waals surface area contributed by atoms with Gasteiger partial charge in [-0.3, -0.25) is 9.78 Å². The first-order chi connectivity index (χ1) is 12.2. The molecule has 1 aliphatic heterocycles. The normalized spacial score (nSPS) is 17.2. The topological polar surface area (TPSA) is 72.1 Å². The summed E-state index contributed by atoms with van der Waals surface area (Å²) in [6.07, 6.45) is 4.55. The van der Waals surface area contributed by atoms with Crippen LogP contribution in [0.15, 0.2) is 57.8 Å². The van der Waals surface area contributed by atoms with Crippen LogP contribution in [0.3, 0.4) is 0 Å². The van der Waals surface area contributed by atoms with Crippen molar-refractivity contribution in [1.82, 2.24) is 20.0 Å². The van der Waals surface area contributed by atoms with Crippen LogP contribution >= 0.6 is 15.9 Å². The van der Waals surface area contributed by atoms with Crippen LogP contribution in [0.25, 0.3) is 11.4 Å². The number of hydrogen-bond acceptors (Lipinski definition) is 5. The summed E-state index contributed by atoms with van der Waals surface area (Å²) >= 11 is 3.43. The fourth-order valence-corrected chi connectivity index (χ4v) is 3.23. The molecule has 3 heterocycles. The SMILES string of the molecule is O=C1CCC(c2nc(-c3ccncc3)no2)N1Cc1ccc(Br)cc1. The fraction of sp³-hybridized carbons (Fsp3) is 0.222. The second-order valence-corrected chi connectivity index (χ2v) is 6.81. The van der Waals surface area contributed by atoms with Gasteiger partial charge in [0.05, 0.1) is 0 Å². The summed E-state index contributed by atoms with van der Waals surface area (Å²) in [5, 5.41) is 4.05. The molecule has 126 valence electrons. The van der Waals surface area contributed by atoms with Gasteiger partial charge in [-0.25, -0.2) is 0 Å². The lowest BCUT2D eigenvalue weighted by molar-refractivity contribution is -0.129. The molecule has 0 spiro atoms. The molecule has 0 aliphatic carbocycles. The van der Waals surface area contributed by atoms with Gasteiger partial charge in [-0.2, -0.15) is 4.98 Å². The van der Waals surface area contributed by atoms with Crippen molar-refractivity contribution < 1.29 is 9.32 Å². The molecule has 1 saturated heterocycles. The number of benzene rings is 1. The molecule has 2 aromatic heterocycles. The summed E-state index contributed by atoms with van der Waals surface area (Å²) in [5.41, 5.74) is 1.91. The highest BCUT2D eigenvalue weighted by Crippen LogP contribution is 2.34. The van der Waals surface area contributed by atoms with Crippen molar-refractivity contribution in [3.05, 3.63) is 64.7 Å². The number of carbonyl (C=O) groups is 1. The van der Waals surface area contributed by atoms with Gasteiger partial charge in [0.15, 0.2) is 0 Å². The molecule has 1 aromatic carbocycles. The minimum absolute atomic E-state index is 0.108. The van der Waals surface area contributed by atoms with E-state index in [1.165, 1.54) is 0 Å². The molecule has 3 aromatic rings. The second kappa shape index (κ2) is 6.76. The Hall–Kier alpha value is -2.54. The lowest BCUT2D eigenvalue weighted by Gasteiger charge is -2.22. The minimum Gasteiger partial charge on any atom is -0.337 e. The lowest BCUT2D eigenvalue weighted by Crippen LogP contribution is -2.27. The van der Waals surface area contributed by atoms with Crippen molar-refractivity contribution in [3.63, 3.8) is 0 Å². The van der Waals surface area contributed by atoms with Gasteiger partial charge in [-0.1, -0.05) is 33.2 Å². The van der Waals surface area contributed by atoms with E-state index in [4.69, 9.17) is 4.52 Å². The van der Waals surface area contributed by atoms with E-state index in [0.29, 0.717) is 31.1 Å². The molecule has 1 amide bonds. The number of nitrogens with zero attached hydrogens (tertiary/aromatic N) is 4. The Labute approximate surface area is 153 Å². The maximum absolute atomic E-state index is 12.3. The molecule has 4 rings (SSSR count). The number of halogens is 1. The van der Waals surface area contributed by atoms with E-state index in [2.05, 4.69) is 31.1 Å². The summed E-state index contributed by atoms with van der Waals surface area (Å²) < 4.78 is 6.47. The number of hydrogen-bond donors (Lipinski definition) is 0. The standard InChI is InChI=1S/C18H15BrN4O2/c19-14-3-1-12(2-4-14)11-23-15(5-6-16(23)24)18-21-17(22-25-18)13-7-9-20-10-8-13/h1-4,7-10,15H,5-6,11H2. The number of rotatable bonds is 4. The molecule has 0 radical (unpaired) electrons. The van der Waals surface area contributed by atoms with E-state index >= 15 is 0 Å². The van der Waals surface area contributed by atoms with E-state index in [1.807, 2.05) is 41.3 Å². The minimum atomic E-state index is -0.181. The Kier molecular flexibility index (Phi) is 4.31. The molecule has 7 heteroatoms. The van der Waals surface area contributed by atoms with Crippen molar-refractivity contribution in [1.29, 1.82) is 0 Å². The van der Waals surface area contributed by atoms with Crippen molar-refractivity contribution >= 4 is 21.8 Å². The average Bonchev–Trinajstić information content (AvgIpc) is 3.25. The van der Waals surface area contributed by atoms with Crippen molar-refractivity contribution in [2.75, 3.05) is 0 Å². The predicted molar refractivity (Wildman–Crippen MR) is 94.2 cm³/mol. The molecule has 1 fully saturated rings. The van der Waals surface area contributed by atoms with Crippen LogP contribution in [0.5, 0.6) is 0 Å². The van der Waals surface area contributed by atoms with E-state index in [0.717, 1.165) is 15.6 Å². The summed E-state index contributed by atoms with van der Waals surface area (Å²) in [7, 11) is 0. The maximum Gasteiger partial charge on any atom is 0.249 e. The molecule has 25 heavy (non-hydrogen) atoms. The number of likely N-dealkylation sites (tertiary alicyclic amines) is 1. The largest absolute Gasteiger partial charge is 0.337 e.